The summed E-state index contributed by atoms with van der Waals surface area (Å²) in [6.07, 6.45) is 8.32. The highest BCUT2D eigenvalue weighted by Crippen LogP contribution is 2.27. The van der Waals surface area contributed by atoms with E-state index in [4.69, 9.17) is 5.73 Å². The second-order valence-corrected chi connectivity index (χ2v) is 3.43. The van der Waals surface area contributed by atoms with Gasteiger partial charge in [0.2, 0.25) is 0 Å². The first-order valence-corrected chi connectivity index (χ1v) is 4.59. The first-order valence-electron chi connectivity index (χ1n) is 3.82. The molecule has 0 bridgehead atoms. The number of nitrogen functional groups attached to an aromatic ring is 1. The van der Waals surface area contributed by atoms with Crippen molar-refractivity contribution in [1.29, 1.82) is 0 Å². The van der Waals surface area contributed by atoms with Crippen LogP contribution >= 0.6 is 11.5 Å². The lowest BCUT2D eigenvalue weighted by molar-refractivity contribution is 1.02. The monoisotopic (exact) mass is 179 g/mol. The number of allylic oxidation sites excluding steroid dienone is 4. The largest absolute Gasteiger partial charge is 0.387 e. The fourth-order valence-corrected chi connectivity index (χ4v) is 1.69. The van der Waals surface area contributed by atoms with E-state index >= 15 is 0 Å². The summed E-state index contributed by atoms with van der Waals surface area (Å²) in [5.41, 5.74) is 7.76. The van der Waals surface area contributed by atoms with Gasteiger partial charge in [-0.1, -0.05) is 22.7 Å². The van der Waals surface area contributed by atoms with Crippen molar-refractivity contribution in [2.45, 2.75) is 12.8 Å². The summed E-state index contributed by atoms with van der Waals surface area (Å²) in [5, 5.41) is 4.70. The van der Waals surface area contributed by atoms with E-state index in [1.807, 2.05) is 6.08 Å². The molecule has 1 aromatic rings. The molecule has 1 aromatic heterocycles. The number of rotatable bonds is 1. The SMILES string of the molecule is Nc1snnc1C1=CC=CCC1. The summed E-state index contributed by atoms with van der Waals surface area (Å²) in [5.74, 6) is 0. The lowest BCUT2D eigenvalue weighted by Gasteiger charge is -2.05. The Morgan fingerprint density at radius 3 is 3.00 bits per heavy atom. The Morgan fingerprint density at radius 2 is 2.42 bits per heavy atom. The van der Waals surface area contributed by atoms with Crippen molar-refractivity contribution in [2.24, 2.45) is 0 Å². The zero-order chi connectivity index (χ0) is 8.39. The Hall–Kier alpha value is -1.16. The maximum Gasteiger partial charge on any atom is 0.135 e. The predicted octanol–water partition coefficient (Wildman–Crippen LogP) is 1.85. The molecule has 0 atom stereocenters. The van der Waals surface area contributed by atoms with Crippen LogP contribution in [0.4, 0.5) is 5.00 Å². The third kappa shape index (κ3) is 1.25. The molecule has 0 spiro atoms. The third-order valence-corrected chi connectivity index (χ3v) is 2.38. The summed E-state index contributed by atoms with van der Waals surface area (Å²) in [6, 6.07) is 0. The number of aromatic nitrogens is 2. The number of hydrogen-bond acceptors (Lipinski definition) is 4. The average molecular weight is 179 g/mol. The van der Waals surface area contributed by atoms with Gasteiger partial charge in [0, 0.05) is 11.5 Å². The number of nitrogens with zero attached hydrogens (tertiary/aromatic N) is 2. The standard InChI is InChI=1S/C8H9N3S/c9-8-7(10-11-12-8)6-4-2-1-3-5-6/h1-2,4H,3,5,9H2. The number of hydrogen-bond donors (Lipinski definition) is 1. The second kappa shape index (κ2) is 3.06. The van der Waals surface area contributed by atoms with Crippen molar-refractivity contribution in [3.63, 3.8) is 0 Å². The zero-order valence-corrected chi connectivity index (χ0v) is 7.34. The molecule has 62 valence electrons. The van der Waals surface area contributed by atoms with Gasteiger partial charge in [0.25, 0.3) is 0 Å². The fourth-order valence-electron chi connectivity index (χ4n) is 1.22. The minimum atomic E-state index is 0.719. The molecule has 0 amide bonds. The molecule has 0 unspecified atom stereocenters. The van der Waals surface area contributed by atoms with Gasteiger partial charge >= 0.3 is 0 Å². The Bertz CT molecular complexity index is 338. The molecule has 1 aliphatic rings. The van der Waals surface area contributed by atoms with Gasteiger partial charge in [-0.25, -0.2) is 0 Å². The molecular weight excluding hydrogens is 170 g/mol. The van der Waals surface area contributed by atoms with Crippen molar-refractivity contribution in [3.05, 3.63) is 23.9 Å². The molecular formula is C8H9N3S. The maximum absolute atomic E-state index is 5.70. The van der Waals surface area contributed by atoms with Gasteiger partial charge in [-0.2, -0.15) is 0 Å². The molecule has 0 aliphatic heterocycles. The Balaban J connectivity index is 2.36. The van der Waals surface area contributed by atoms with Crippen LogP contribution in [0.3, 0.4) is 0 Å². The van der Waals surface area contributed by atoms with E-state index < -0.39 is 0 Å². The van der Waals surface area contributed by atoms with Gasteiger partial charge in [0.1, 0.15) is 10.7 Å². The maximum atomic E-state index is 5.70. The van der Waals surface area contributed by atoms with Crippen molar-refractivity contribution in [2.75, 3.05) is 5.73 Å². The van der Waals surface area contributed by atoms with Crippen LogP contribution in [0.25, 0.3) is 5.57 Å². The zero-order valence-electron chi connectivity index (χ0n) is 6.53. The highest BCUT2D eigenvalue weighted by molar-refractivity contribution is 7.10. The lowest BCUT2D eigenvalue weighted by Crippen LogP contribution is -1.92. The van der Waals surface area contributed by atoms with E-state index in [9.17, 15) is 0 Å². The smallest absolute Gasteiger partial charge is 0.135 e. The topological polar surface area (TPSA) is 51.8 Å². The van der Waals surface area contributed by atoms with Gasteiger partial charge in [0.05, 0.1) is 0 Å². The van der Waals surface area contributed by atoms with Gasteiger partial charge in [0.15, 0.2) is 0 Å². The third-order valence-electron chi connectivity index (χ3n) is 1.83. The van der Waals surface area contributed by atoms with Crippen LogP contribution in [0.5, 0.6) is 0 Å². The quantitative estimate of drug-likeness (QED) is 0.715. The minimum absolute atomic E-state index is 0.719. The van der Waals surface area contributed by atoms with E-state index in [0.717, 1.165) is 23.5 Å². The molecule has 0 aromatic carbocycles. The number of anilines is 1. The lowest BCUT2D eigenvalue weighted by atomic mass is 10.0. The molecule has 2 N–H and O–H groups in total. The molecule has 12 heavy (non-hydrogen) atoms. The molecule has 2 rings (SSSR count). The summed E-state index contributed by atoms with van der Waals surface area (Å²) in [7, 11) is 0. The molecule has 3 nitrogen and oxygen atoms in total. The molecule has 4 heteroatoms. The van der Waals surface area contributed by atoms with Crippen LogP contribution < -0.4 is 5.73 Å². The van der Waals surface area contributed by atoms with Crippen molar-refractivity contribution < 1.29 is 0 Å². The molecule has 0 fully saturated rings. The summed E-state index contributed by atoms with van der Waals surface area (Å²) in [4.78, 5) is 0. The normalized spacial score (nSPS) is 16.2. The average Bonchev–Trinajstić information content (AvgIpc) is 2.53. The van der Waals surface area contributed by atoms with E-state index in [1.165, 1.54) is 17.1 Å². The van der Waals surface area contributed by atoms with Crippen LogP contribution in [0, 0.1) is 0 Å². The fraction of sp³-hybridized carbons (Fsp3) is 0.250. The van der Waals surface area contributed by atoms with Gasteiger partial charge in [-0.15, -0.1) is 5.10 Å². The van der Waals surface area contributed by atoms with Crippen LogP contribution in [-0.4, -0.2) is 9.59 Å². The Kier molecular flexibility index (Phi) is 1.91. The van der Waals surface area contributed by atoms with Crippen LogP contribution in [0.1, 0.15) is 18.5 Å². The first-order chi connectivity index (χ1) is 5.88. The Morgan fingerprint density at radius 1 is 1.50 bits per heavy atom. The van der Waals surface area contributed by atoms with Crippen LogP contribution in [0.2, 0.25) is 0 Å². The molecule has 0 saturated heterocycles. The van der Waals surface area contributed by atoms with Crippen LogP contribution in [0.15, 0.2) is 18.2 Å². The Labute approximate surface area is 74.8 Å². The van der Waals surface area contributed by atoms with E-state index in [2.05, 4.69) is 21.7 Å². The molecule has 0 saturated carbocycles. The van der Waals surface area contributed by atoms with E-state index in [0.29, 0.717) is 0 Å². The molecule has 0 radical (unpaired) electrons. The van der Waals surface area contributed by atoms with Crippen molar-refractivity contribution in [3.8, 4) is 0 Å². The summed E-state index contributed by atoms with van der Waals surface area (Å²) >= 11 is 1.25. The van der Waals surface area contributed by atoms with E-state index in [-0.39, 0.29) is 0 Å². The van der Waals surface area contributed by atoms with Gasteiger partial charge < -0.3 is 5.73 Å². The van der Waals surface area contributed by atoms with Gasteiger partial charge in [-0.3, -0.25) is 0 Å². The summed E-state index contributed by atoms with van der Waals surface area (Å²) in [6.45, 7) is 0. The van der Waals surface area contributed by atoms with Gasteiger partial charge in [-0.05, 0) is 18.4 Å². The second-order valence-electron chi connectivity index (χ2n) is 2.64. The highest BCUT2D eigenvalue weighted by Gasteiger charge is 2.10. The van der Waals surface area contributed by atoms with E-state index in [1.54, 1.807) is 0 Å². The highest BCUT2D eigenvalue weighted by atomic mass is 32.1. The number of nitrogens with two attached hydrogens (primary N) is 1. The van der Waals surface area contributed by atoms with Crippen LogP contribution in [-0.2, 0) is 0 Å². The summed E-state index contributed by atoms with van der Waals surface area (Å²) < 4.78 is 3.80. The van der Waals surface area contributed by atoms with Crippen molar-refractivity contribution >= 4 is 22.1 Å². The molecule has 1 aliphatic carbocycles. The predicted molar refractivity (Wildman–Crippen MR) is 50.7 cm³/mol. The minimum Gasteiger partial charge on any atom is -0.387 e. The molecule has 1 heterocycles. The first kappa shape index (κ1) is 7.49. The van der Waals surface area contributed by atoms with Crippen molar-refractivity contribution in [1.82, 2.24) is 9.59 Å².